The fourth-order valence-electron chi connectivity index (χ4n) is 2.89. The lowest BCUT2D eigenvalue weighted by Gasteiger charge is -2.23. The number of hydrogen-bond acceptors (Lipinski definition) is 4. The number of pyridine rings is 1. The van der Waals surface area contributed by atoms with Gasteiger partial charge in [-0.05, 0) is 41.8 Å². The van der Waals surface area contributed by atoms with E-state index in [1.807, 2.05) is 0 Å². The van der Waals surface area contributed by atoms with Gasteiger partial charge >= 0.3 is 12.1 Å². The fraction of sp³-hybridized carbons (Fsp3) is 0.350. The van der Waals surface area contributed by atoms with E-state index in [-0.39, 0.29) is 37.6 Å². The second kappa shape index (κ2) is 9.51. The van der Waals surface area contributed by atoms with E-state index in [1.54, 1.807) is 13.0 Å². The molecule has 0 fully saturated rings. The summed E-state index contributed by atoms with van der Waals surface area (Å²) in [4.78, 5) is 28.5. The Labute approximate surface area is 165 Å². The second-order valence-corrected chi connectivity index (χ2v) is 6.36. The van der Waals surface area contributed by atoms with Crippen molar-refractivity contribution in [3.63, 3.8) is 0 Å². The third kappa shape index (κ3) is 6.02. The maximum Gasteiger partial charge on any atom is 0.416 e. The van der Waals surface area contributed by atoms with Crippen molar-refractivity contribution in [1.82, 2.24) is 9.88 Å². The molecule has 1 heterocycles. The monoisotopic (exact) mass is 410 g/mol. The number of likely N-dealkylation sites (N-methyl/N-ethyl adjacent to an activating group) is 1. The van der Waals surface area contributed by atoms with Gasteiger partial charge in [0.05, 0.1) is 12.0 Å². The fourth-order valence-corrected chi connectivity index (χ4v) is 2.89. The number of rotatable bonds is 8. The van der Waals surface area contributed by atoms with Gasteiger partial charge in [-0.3, -0.25) is 14.6 Å². The first-order valence-corrected chi connectivity index (χ1v) is 8.78. The van der Waals surface area contributed by atoms with Gasteiger partial charge in [-0.2, -0.15) is 13.2 Å². The molecule has 9 heteroatoms. The van der Waals surface area contributed by atoms with Crippen LogP contribution in [0.25, 0.3) is 11.1 Å². The van der Waals surface area contributed by atoms with Crippen LogP contribution in [0.1, 0.15) is 23.6 Å². The normalized spacial score (nSPS) is 11.3. The molecule has 0 saturated carbocycles. The molecule has 6 nitrogen and oxygen atoms in total. The van der Waals surface area contributed by atoms with Crippen molar-refractivity contribution < 1.29 is 32.6 Å². The van der Waals surface area contributed by atoms with Gasteiger partial charge in [-0.1, -0.05) is 6.07 Å². The van der Waals surface area contributed by atoms with E-state index in [2.05, 4.69) is 4.98 Å². The molecular weight excluding hydrogens is 389 g/mol. The Morgan fingerprint density at radius 2 is 1.93 bits per heavy atom. The zero-order chi connectivity index (χ0) is 21.6. The number of nitrogens with zero attached hydrogens (tertiary/aromatic N) is 2. The lowest BCUT2D eigenvalue weighted by Crippen LogP contribution is -2.33. The first kappa shape index (κ1) is 22.4. The van der Waals surface area contributed by atoms with E-state index in [1.165, 1.54) is 30.5 Å². The van der Waals surface area contributed by atoms with Gasteiger partial charge in [0.15, 0.2) is 0 Å². The van der Waals surface area contributed by atoms with Crippen molar-refractivity contribution in [3.05, 3.63) is 53.3 Å². The summed E-state index contributed by atoms with van der Waals surface area (Å²) in [7, 11) is 1.36. The van der Waals surface area contributed by atoms with E-state index < -0.39 is 17.7 Å². The highest BCUT2D eigenvalue weighted by atomic mass is 19.4. The van der Waals surface area contributed by atoms with Crippen LogP contribution in [0.4, 0.5) is 13.2 Å². The second-order valence-electron chi connectivity index (χ2n) is 6.36. The van der Waals surface area contributed by atoms with E-state index >= 15 is 0 Å². The maximum atomic E-state index is 13.2. The van der Waals surface area contributed by atoms with Crippen LogP contribution in [-0.2, 0) is 33.5 Å². The van der Waals surface area contributed by atoms with Crippen LogP contribution >= 0.6 is 0 Å². The number of carboxylic acids is 1. The Kier molecular flexibility index (Phi) is 7.33. The minimum Gasteiger partial charge on any atom is -0.481 e. The average Bonchev–Trinajstić information content (AvgIpc) is 2.65. The van der Waals surface area contributed by atoms with Crippen molar-refractivity contribution in [3.8, 4) is 11.1 Å². The molecule has 156 valence electrons. The number of carbonyl (C=O) groups excluding carboxylic acids is 1. The van der Waals surface area contributed by atoms with Gasteiger partial charge in [-0.25, -0.2) is 0 Å². The minimum atomic E-state index is -4.54. The Bertz CT molecular complexity index is 884. The summed E-state index contributed by atoms with van der Waals surface area (Å²) in [5.41, 5.74) is 0.786. The first-order valence-electron chi connectivity index (χ1n) is 8.78. The summed E-state index contributed by atoms with van der Waals surface area (Å²) in [5, 5.41) is 8.96. The van der Waals surface area contributed by atoms with Crippen molar-refractivity contribution in [2.24, 2.45) is 0 Å². The van der Waals surface area contributed by atoms with Crippen LogP contribution in [0.3, 0.4) is 0 Å². The molecule has 1 amide bonds. The quantitative estimate of drug-likeness (QED) is 0.722. The third-order valence-corrected chi connectivity index (χ3v) is 4.26. The number of halogens is 3. The smallest absolute Gasteiger partial charge is 0.416 e. The van der Waals surface area contributed by atoms with Gasteiger partial charge in [0, 0.05) is 38.2 Å². The van der Waals surface area contributed by atoms with E-state index in [0.29, 0.717) is 16.7 Å². The standard InChI is InChI=1S/C20H21F3N2O4/c1-3-25(18(26)12-29-2)11-15-8-16(20(21,22)23)4-5-17(15)14-6-13(7-19(27)28)9-24-10-14/h4-6,8-10H,3,7,11-12H2,1-2H3,(H,27,28). The Morgan fingerprint density at radius 3 is 2.52 bits per heavy atom. The van der Waals surface area contributed by atoms with Crippen LogP contribution in [0.15, 0.2) is 36.7 Å². The van der Waals surface area contributed by atoms with E-state index in [9.17, 15) is 22.8 Å². The number of aromatic nitrogens is 1. The zero-order valence-corrected chi connectivity index (χ0v) is 16.0. The molecule has 1 aromatic heterocycles. The molecule has 0 unspecified atom stereocenters. The summed E-state index contributed by atoms with van der Waals surface area (Å²) in [5.74, 6) is -1.39. The molecule has 1 N–H and O–H groups in total. The maximum absolute atomic E-state index is 13.2. The number of benzene rings is 1. The molecule has 2 aromatic rings. The average molecular weight is 410 g/mol. The van der Waals surface area contributed by atoms with Crippen LogP contribution in [-0.4, -0.2) is 47.1 Å². The summed E-state index contributed by atoms with van der Waals surface area (Å²) in [6.45, 7) is 1.77. The predicted octanol–water partition coefficient (Wildman–Crippen LogP) is 3.39. The molecule has 0 saturated heterocycles. The molecule has 0 aliphatic carbocycles. The molecule has 0 aliphatic rings. The number of amides is 1. The first-order chi connectivity index (χ1) is 13.7. The minimum absolute atomic E-state index is 0.0545. The topological polar surface area (TPSA) is 79.7 Å². The molecule has 0 atom stereocenters. The SMILES string of the molecule is CCN(Cc1cc(C(F)(F)F)ccc1-c1cncc(CC(=O)O)c1)C(=O)COC. The molecule has 29 heavy (non-hydrogen) atoms. The summed E-state index contributed by atoms with van der Waals surface area (Å²) in [6, 6.07) is 4.84. The predicted molar refractivity (Wildman–Crippen MR) is 99.0 cm³/mol. The molecule has 0 spiro atoms. The molecule has 0 aliphatic heterocycles. The number of aliphatic carboxylic acids is 1. The molecular formula is C20H21F3N2O4. The number of hydrogen-bond donors (Lipinski definition) is 1. The summed E-state index contributed by atoms with van der Waals surface area (Å²) < 4.78 is 44.5. The molecule has 0 radical (unpaired) electrons. The highest BCUT2D eigenvalue weighted by Crippen LogP contribution is 2.34. The lowest BCUT2D eigenvalue weighted by molar-refractivity contribution is -0.138. The Morgan fingerprint density at radius 1 is 1.21 bits per heavy atom. The van der Waals surface area contributed by atoms with Crippen LogP contribution in [0.5, 0.6) is 0 Å². The van der Waals surface area contributed by atoms with Crippen LogP contribution in [0, 0.1) is 0 Å². The largest absolute Gasteiger partial charge is 0.481 e. The van der Waals surface area contributed by atoms with Crippen molar-refractivity contribution in [2.45, 2.75) is 26.1 Å². The number of carbonyl (C=O) groups is 2. The number of methoxy groups -OCH3 is 1. The Hall–Kier alpha value is -2.94. The summed E-state index contributed by atoms with van der Waals surface area (Å²) in [6.07, 6.45) is -1.96. The number of alkyl halides is 3. The van der Waals surface area contributed by atoms with E-state index in [4.69, 9.17) is 9.84 Å². The van der Waals surface area contributed by atoms with Crippen LogP contribution in [0.2, 0.25) is 0 Å². The van der Waals surface area contributed by atoms with E-state index in [0.717, 1.165) is 12.1 Å². The number of carboxylic acid groups (broad SMARTS) is 1. The van der Waals surface area contributed by atoms with Gasteiger partial charge in [-0.15, -0.1) is 0 Å². The summed E-state index contributed by atoms with van der Waals surface area (Å²) >= 11 is 0. The van der Waals surface area contributed by atoms with Gasteiger partial charge < -0.3 is 14.7 Å². The number of ether oxygens (including phenoxy) is 1. The van der Waals surface area contributed by atoms with Gasteiger partial charge in [0.1, 0.15) is 6.61 Å². The third-order valence-electron chi connectivity index (χ3n) is 4.26. The zero-order valence-electron chi connectivity index (χ0n) is 16.0. The van der Waals surface area contributed by atoms with Crippen LogP contribution < -0.4 is 0 Å². The van der Waals surface area contributed by atoms with Crippen molar-refractivity contribution in [2.75, 3.05) is 20.3 Å². The van der Waals surface area contributed by atoms with Gasteiger partial charge in [0.25, 0.3) is 0 Å². The highest BCUT2D eigenvalue weighted by molar-refractivity contribution is 5.78. The van der Waals surface area contributed by atoms with Crippen molar-refractivity contribution >= 4 is 11.9 Å². The molecule has 2 rings (SSSR count). The van der Waals surface area contributed by atoms with Crippen molar-refractivity contribution in [1.29, 1.82) is 0 Å². The molecule has 0 bridgehead atoms. The lowest BCUT2D eigenvalue weighted by atomic mass is 9.96. The molecule has 1 aromatic carbocycles. The van der Waals surface area contributed by atoms with Gasteiger partial charge in [0.2, 0.25) is 5.91 Å². The Balaban J connectivity index is 2.51. The highest BCUT2D eigenvalue weighted by Gasteiger charge is 2.31.